The van der Waals surface area contributed by atoms with Crippen molar-refractivity contribution in [1.82, 2.24) is 30.7 Å². The van der Waals surface area contributed by atoms with Crippen LogP contribution in [0.4, 0.5) is 0 Å². The van der Waals surface area contributed by atoms with Gasteiger partial charge in [0.05, 0.1) is 26.4 Å². The highest BCUT2D eigenvalue weighted by atomic mass is 16.5. The summed E-state index contributed by atoms with van der Waals surface area (Å²) in [7, 11) is 0. The molecular weight excluding hydrogens is 949 g/mol. The van der Waals surface area contributed by atoms with Crippen LogP contribution < -0.4 is 16.0 Å². The van der Waals surface area contributed by atoms with Gasteiger partial charge in [-0.1, -0.05) is 175 Å². The largest absolute Gasteiger partial charge is 0.377 e. The summed E-state index contributed by atoms with van der Waals surface area (Å²) in [4.78, 5) is 61.0. The number of rotatable bonds is 54. The topological polar surface area (TPSA) is 133 Å². The van der Waals surface area contributed by atoms with Gasteiger partial charge in [-0.3, -0.25) is 19.2 Å². The highest BCUT2D eigenvalue weighted by Crippen LogP contribution is 2.19. The minimum Gasteiger partial charge on any atom is -0.377 e. The van der Waals surface area contributed by atoms with Crippen LogP contribution in [-0.2, 0) is 28.7 Å². The third-order valence-corrected chi connectivity index (χ3v) is 14.0. The molecule has 12 nitrogen and oxygen atoms in total. The van der Waals surface area contributed by atoms with Crippen LogP contribution in [0.2, 0.25) is 0 Å². The molecule has 0 heterocycles. The lowest BCUT2D eigenvalue weighted by Crippen LogP contribution is -2.53. The number of allylic oxidation sites excluding steroid dienone is 8. The van der Waals surface area contributed by atoms with Crippen molar-refractivity contribution in [3.63, 3.8) is 0 Å². The maximum absolute atomic E-state index is 13.8. The van der Waals surface area contributed by atoms with Crippen LogP contribution in [0, 0.1) is 11.8 Å². The molecule has 12 heteroatoms. The van der Waals surface area contributed by atoms with E-state index in [0.717, 1.165) is 110 Å². The molecule has 0 bridgehead atoms. The van der Waals surface area contributed by atoms with Crippen molar-refractivity contribution in [2.24, 2.45) is 11.8 Å². The number of amides is 4. The third-order valence-electron chi connectivity index (χ3n) is 14.0. The lowest BCUT2D eigenvalue weighted by atomic mass is 9.99. The second-order valence-electron chi connectivity index (χ2n) is 21.4. The monoisotopic (exact) mass is 1070 g/mol. The van der Waals surface area contributed by atoms with Crippen LogP contribution in [-0.4, -0.2) is 136 Å². The number of unbranched alkanes of at least 4 members (excludes halogenated alkanes) is 16. The van der Waals surface area contributed by atoms with Gasteiger partial charge in [0.25, 0.3) is 0 Å². The number of hydrogen-bond donors (Lipinski definition) is 3. The SMILES string of the molecule is CCCCC/C=C\C/C=C\CCCCCCCC(=O)N(CCCNCC)C(C(=O)NCCOCCOCCNC(=O)C(C(C)C)N(CCCN(CC)CC)C(=O)CCCCCCC/C=C\C/C=C\CCCCC)C(C)C. The van der Waals surface area contributed by atoms with Gasteiger partial charge >= 0.3 is 0 Å². The summed E-state index contributed by atoms with van der Waals surface area (Å²) in [6, 6.07) is -1.09. The summed E-state index contributed by atoms with van der Waals surface area (Å²) in [6.07, 6.45) is 45.8. The first-order valence-corrected chi connectivity index (χ1v) is 31.3. The standard InChI is InChI=1S/C64H120N6O6/c1-10-15-17-19-21-23-25-27-29-31-33-35-37-39-41-45-59(71)69(51-43-47-65-12-3)61(57(6)7)63(73)66-48-53-75-55-56-76-54-49-67-64(74)62(58(8)9)70(52-44-50-68(13-4)14-5)60(72)46-42-40-38-36-34-32-30-28-26-24-22-20-18-16-11-2/h21-24,27-30,57-58,61-62,65H,10-20,25-26,31-56H2,1-9H3,(H,66,73)(H,67,74)/b23-21-,24-22-,29-27-,30-28-. The molecular formula is C64H120N6O6. The summed E-state index contributed by atoms with van der Waals surface area (Å²) in [5.41, 5.74) is 0. The van der Waals surface area contributed by atoms with E-state index in [9.17, 15) is 19.2 Å². The van der Waals surface area contributed by atoms with E-state index < -0.39 is 12.1 Å². The fourth-order valence-electron chi connectivity index (χ4n) is 9.49. The van der Waals surface area contributed by atoms with Gasteiger partial charge in [-0.25, -0.2) is 0 Å². The van der Waals surface area contributed by atoms with Gasteiger partial charge in [-0.2, -0.15) is 0 Å². The van der Waals surface area contributed by atoms with E-state index in [4.69, 9.17) is 9.47 Å². The molecule has 0 saturated heterocycles. The number of ether oxygens (including phenoxy) is 2. The molecule has 0 aliphatic carbocycles. The second-order valence-corrected chi connectivity index (χ2v) is 21.4. The Balaban J connectivity index is 4.88. The van der Waals surface area contributed by atoms with Crippen molar-refractivity contribution in [2.75, 3.05) is 85.3 Å². The first kappa shape index (κ1) is 72.7. The van der Waals surface area contributed by atoms with Gasteiger partial charge in [-0.15, -0.1) is 0 Å². The molecule has 2 unspecified atom stereocenters. The van der Waals surface area contributed by atoms with E-state index in [2.05, 4.69) is 104 Å². The second kappa shape index (κ2) is 53.7. The Morgan fingerprint density at radius 2 is 0.803 bits per heavy atom. The first-order valence-electron chi connectivity index (χ1n) is 31.3. The highest BCUT2D eigenvalue weighted by Gasteiger charge is 2.33. The quantitative estimate of drug-likeness (QED) is 0.0405. The van der Waals surface area contributed by atoms with Gasteiger partial charge in [0.2, 0.25) is 23.6 Å². The maximum Gasteiger partial charge on any atom is 0.243 e. The molecule has 0 fully saturated rings. The molecule has 0 aromatic heterocycles. The predicted molar refractivity (Wildman–Crippen MR) is 323 cm³/mol. The van der Waals surface area contributed by atoms with Crippen molar-refractivity contribution < 1.29 is 28.7 Å². The molecule has 442 valence electrons. The molecule has 0 spiro atoms. The molecule has 0 rings (SSSR count). The zero-order chi connectivity index (χ0) is 56.1. The smallest absolute Gasteiger partial charge is 0.243 e. The Morgan fingerprint density at radius 1 is 0.421 bits per heavy atom. The summed E-state index contributed by atoms with van der Waals surface area (Å²) in [5.74, 6) is -0.245. The summed E-state index contributed by atoms with van der Waals surface area (Å²) in [6.45, 7) is 26.5. The zero-order valence-corrected chi connectivity index (χ0v) is 50.8. The Kier molecular flexibility index (Phi) is 51.3. The normalized spacial score (nSPS) is 12.9. The number of carbonyl (C=O) groups is 4. The van der Waals surface area contributed by atoms with Crippen LogP contribution in [0.5, 0.6) is 0 Å². The van der Waals surface area contributed by atoms with Crippen molar-refractivity contribution >= 4 is 23.6 Å². The molecule has 2 atom stereocenters. The molecule has 0 aliphatic rings. The minimum absolute atomic E-state index is 0.0416. The van der Waals surface area contributed by atoms with Gasteiger partial charge < -0.3 is 40.1 Å². The van der Waals surface area contributed by atoms with Crippen molar-refractivity contribution in [2.45, 2.75) is 241 Å². The van der Waals surface area contributed by atoms with Crippen LogP contribution >= 0.6 is 0 Å². The van der Waals surface area contributed by atoms with Crippen LogP contribution in [0.3, 0.4) is 0 Å². The minimum atomic E-state index is -0.547. The summed E-state index contributed by atoms with van der Waals surface area (Å²) >= 11 is 0. The fraction of sp³-hybridized carbons (Fsp3) is 0.812. The lowest BCUT2D eigenvalue weighted by Gasteiger charge is -2.34. The Bertz CT molecular complexity index is 1500. The Morgan fingerprint density at radius 3 is 1.18 bits per heavy atom. The number of hydrogen-bond acceptors (Lipinski definition) is 8. The average Bonchev–Trinajstić information content (AvgIpc) is 3.40. The van der Waals surface area contributed by atoms with E-state index >= 15 is 0 Å². The van der Waals surface area contributed by atoms with Gasteiger partial charge in [0.15, 0.2) is 0 Å². The third kappa shape index (κ3) is 40.8. The van der Waals surface area contributed by atoms with Crippen molar-refractivity contribution in [3.8, 4) is 0 Å². The molecule has 4 amide bonds. The molecule has 0 radical (unpaired) electrons. The van der Waals surface area contributed by atoms with E-state index in [1.54, 1.807) is 0 Å². The van der Waals surface area contributed by atoms with Crippen LogP contribution in [0.25, 0.3) is 0 Å². The number of nitrogens with one attached hydrogen (secondary N) is 3. The van der Waals surface area contributed by atoms with Gasteiger partial charge in [-0.05, 0) is 134 Å². The van der Waals surface area contributed by atoms with E-state index in [0.29, 0.717) is 65.4 Å². The summed E-state index contributed by atoms with van der Waals surface area (Å²) < 4.78 is 11.6. The zero-order valence-electron chi connectivity index (χ0n) is 50.8. The number of nitrogens with zero attached hydrogens (tertiary/aromatic N) is 3. The van der Waals surface area contributed by atoms with Crippen molar-refractivity contribution in [3.05, 3.63) is 48.6 Å². The molecule has 0 aromatic rings. The molecule has 0 aliphatic heterocycles. The number of carbonyl (C=O) groups excluding carboxylic acids is 4. The van der Waals surface area contributed by atoms with Crippen molar-refractivity contribution in [1.29, 1.82) is 0 Å². The van der Waals surface area contributed by atoms with Gasteiger partial charge in [0.1, 0.15) is 12.1 Å². The Labute approximate surface area is 468 Å². The van der Waals surface area contributed by atoms with Gasteiger partial charge in [0, 0.05) is 39.0 Å². The predicted octanol–water partition coefficient (Wildman–Crippen LogP) is 13.3. The highest BCUT2D eigenvalue weighted by molar-refractivity contribution is 5.88. The fourth-order valence-corrected chi connectivity index (χ4v) is 9.49. The Hall–Kier alpha value is -3.32. The molecule has 0 aromatic carbocycles. The van der Waals surface area contributed by atoms with E-state index in [1.807, 2.05) is 37.5 Å². The summed E-state index contributed by atoms with van der Waals surface area (Å²) in [5, 5.41) is 9.45. The van der Waals surface area contributed by atoms with Crippen LogP contribution in [0.15, 0.2) is 48.6 Å². The molecule has 3 N–H and O–H groups in total. The van der Waals surface area contributed by atoms with E-state index in [1.165, 1.54) is 77.0 Å². The van der Waals surface area contributed by atoms with E-state index in [-0.39, 0.29) is 35.5 Å². The average molecular weight is 1070 g/mol. The maximum atomic E-state index is 13.8. The molecule has 0 saturated carbocycles. The molecule has 76 heavy (non-hydrogen) atoms. The lowest BCUT2D eigenvalue weighted by molar-refractivity contribution is -0.142. The first-order chi connectivity index (χ1) is 37.0. The van der Waals surface area contributed by atoms with Crippen LogP contribution in [0.1, 0.15) is 229 Å².